The number of hydrogen-bond acceptors (Lipinski definition) is 2. The van der Waals surface area contributed by atoms with Gasteiger partial charge < -0.3 is 10.3 Å². The van der Waals surface area contributed by atoms with Crippen LogP contribution in [0.5, 0.6) is 0 Å². The molecule has 1 fully saturated rings. The summed E-state index contributed by atoms with van der Waals surface area (Å²) in [6.45, 7) is 3.28. The first-order valence-electron chi connectivity index (χ1n) is 7.10. The largest absolute Gasteiger partial charge is 0.371 e. The molecule has 0 aliphatic heterocycles. The summed E-state index contributed by atoms with van der Waals surface area (Å²) in [6, 6.07) is 9.72. The predicted octanol–water partition coefficient (Wildman–Crippen LogP) is 3.38. The lowest BCUT2D eigenvalue weighted by Gasteiger charge is -2.16. The van der Waals surface area contributed by atoms with E-state index in [2.05, 4.69) is 17.2 Å². The Kier molecular flexibility index (Phi) is 3.28. The zero-order valence-corrected chi connectivity index (χ0v) is 11.3. The molecular formula is C16H20N2O. The maximum atomic E-state index is 12.0. The molecule has 1 aromatic carbocycles. The highest BCUT2D eigenvalue weighted by molar-refractivity contribution is 5.83. The normalized spacial score (nSPS) is 22.8. The summed E-state index contributed by atoms with van der Waals surface area (Å²) in [6.07, 6.45) is 3.97. The third-order valence-corrected chi connectivity index (χ3v) is 4.35. The molecule has 3 nitrogen and oxygen atoms in total. The summed E-state index contributed by atoms with van der Waals surface area (Å²) < 4.78 is 0. The third-order valence-electron chi connectivity index (χ3n) is 4.35. The van der Waals surface area contributed by atoms with Gasteiger partial charge in [0.15, 0.2) is 0 Å². The van der Waals surface area contributed by atoms with Crippen LogP contribution >= 0.6 is 0 Å². The minimum absolute atomic E-state index is 0.0138. The number of benzene rings is 1. The van der Waals surface area contributed by atoms with Gasteiger partial charge in [-0.05, 0) is 35.8 Å². The predicted molar refractivity (Wildman–Crippen MR) is 79.6 cm³/mol. The van der Waals surface area contributed by atoms with Crippen LogP contribution < -0.4 is 10.9 Å². The van der Waals surface area contributed by atoms with E-state index >= 15 is 0 Å². The molecule has 1 aliphatic carbocycles. The molecule has 0 saturated heterocycles. The quantitative estimate of drug-likeness (QED) is 0.884. The van der Waals surface area contributed by atoms with Crippen molar-refractivity contribution in [2.24, 2.45) is 11.8 Å². The smallest absolute Gasteiger partial charge is 0.257 e. The molecule has 2 aromatic rings. The van der Waals surface area contributed by atoms with Crippen molar-refractivity contribution in [1.29, 1.82) is 0 Å². The fourth-order valence-electron chi connectivity index (χ4n) is 3.07. The molecule has 100 valence electrons. The van der Waals surface area contributed by atoms with Crippen molar-refractivity contribution in [1.82, 2.24) is 4.98 Å². The van der Waals surface area contributed by atoms with Gasteiger partial charge in [-0.3, -0.25) is 4.79 Å². The monoisotopic (exact) mass is 256 g/mol. The van der Waals surface area contributed by atoms with Crippen LogP contribution in [0.1, 0.15) is 26.2 Å². The Morgan fingerprint density at radius 3 is 2.95 bits per heavy atom. The van der Waals surface area contributed by atoms with Crippen LogP contribution in [-0.2, 0) is 0 Å². The van der Waals surface area contributed by atoms with Crippen molar-refractivity contribution < 1.29 is 0 Å². The maximum Gasteiger partial charge on any atom is 0.257 e. The van der Waals surface area contributed by atoms with Crippen molar-refractivity contribution in [3.05, 3.63) is 40.7 Å². The van der Waals surface area contributed by atoms with Crippen LogP contribution in [0.2, 0.25) is 0 Å². The Morgan fingerprint density at radius 1 is 1.32 bits per heavy atom. The number of aromatic amines is 1. The van der Waals surface area contributed by atoms with Gasteiger partial charge in [-0.25, -0.2) is 0 Å². The van der Waals surface area contributed by atoms with Gasteiger partial charge in [0.05, 0.1) is 0 Å². The molecule has 1 saturated carbocycles. The molecule has 19 heavy (non-hydrogen) atoms. The second kappa shape index (κ2) is 5.08. The zero-order chi connectivity index (χ0) is 13.2. The van der Waals surface area contributed by atoms with Crippen LogP contribution in [0, 0.1) is 11.8 Å². The highest BCUT2D eigenvalue weighted by Crippen LogP contribution is 2.31. The van der Waals surface area contributed by atoms with E-state index in [-0.39, 0.29) is 5.56 Å². The molecule has 3 rings (SSSR count). The van der Waals surface area contributed by atoms with Gasteiger partial charge in [-0.15, -0.1) is 0 Å². The van der Waals surface area contributed by atoms with Crippen LogP contribution in [0.15, 0.2) is 35.1 Å². The van der Waals surface area contributed by atoms with E-state index in [1.54, 1.807) is 0 Å². The lowest BCUT2D eigenvalue weighted by molar-refractivity contribution is 0.439. The second-order valence-electron chi connectivity index (χ2n) is 5.65. The average Bonchev–Trinajstić information content (AvgIpc) is 2.82. The number of fused-ring (bicyclic) bond motifs is 1. The average molecular weight is 256 g/mol. The van der Waals surface area contributed by atoms with Gasteiger partial charge in [-0.1, -0.05) is 38.0 Å². The van der Waals surface area contributed by atoms with Crippen LogP contribution in [0.3, 0.4) is 0 Å². The van der Waals surface area contributed by atoms with Gasteiger partial charge in [0.2, 0.25) is 0 Å². The standard InChI is InChI=1S/C16H20N2O/c1-11-5-4-7-13(11)10-17-15-9-12-6-2-3-8-14(12)16(19)18-15/h2-3,6,8-9,11,13H,4-5,7,10H2,1H3,(H2,17,18,19). The van der Waals surface area contributed by atoms with Gasteiger partial charge >= 0.3 is 0 Å². The summed E-state index contributed by atoms with van der Waals surface area (Å²) in [4.78, 5) is 14.9. The van der Waals surface area contributed by atoms with E-state index in [0.717, 1.165) is 35.0 Å². The minimum atomic E-state index is -0.0138. The first-order valence-corrected chi connectivity index (χ1v) is 7.10. The number of anilines is 1. The SMILES string of the molecule is CC1CCCC1CNc1cc2ccccc2c(=O)[nH]1. The summed E-state index contributed by atoms with van der Waals surface area (Å²) in [5.41, 5.74) is -0.0138. The van der Waals surface area contributed by atoms with E-state index in [0.29, 0.717) is 0 Å². The summed E-state index contributed by atoms with van der Waals surface area (Å²) in [5, 5.41) is 5.14. The maximum absolute atomic E-state index is 12.0. The number of hydrogen-bond donors (Lipinski definition) is 2. The minimum Gasteiger partial charge on any atom is -0.371 e. The van der Waals surface area contributed by atoms with E-state index in [1.807, 2.05) is 30.3 Å². The van der Waals surface area contributed by atoms with E-state index in [9.17, 15) is 4.79 Å². The van der Waals surface area contributed by atoms with Crippen molar-refractivity contribution in [3.8, 4) is 0 Å². The van der Waals surface area contributed by atoms with E-state index in [1.165, 1.54) is 19.3 Å². The number of H-pyrrole nitrogens is 1. The van der Waals surface area contributed by atoms with Gasteiger partial charge in [0, 0.05) is 11.9 Å². The Bertz CT molecular complexity index is 632. The molecule has 1 aromatic heterocycles. The molecule has 0 spiro atoms. The summed E-state index contributed by atoms with van der Waals surface area (Å²) in [5.74, 6) is 2.36. The highest BCUT2D eigenvalue weighted by atomic mass is 16.1. The molecule has 0 amide bonds. The molecule has 0 bridgehead atoms. The first kappa shape index (κ1) is 12.3. The van der Waals surface area contributed by atoms with Crippen molar-refractivity contribution in [2.45, 2.75) is 26.2 Å². The molecule has 1 aliphatic rings. The highest BCUT2D eigenvalue weighted by Gasteiger charge is 2.22. The van der Waals surface area contributed by atoms with Crippen molar-refractivity contribution in [3.63, 3.8) is 0 Å². The lowest BCUT2D eigenvalue weighted by atomic mass is 9.98. The Morgan fingerprint density at radius 2 is 2.16 bits per heavy atom. The Balaban J connectivity index is 1.80. The molecule has 3 heteroatoms. The number of pyridine rings is 1. The zero-order valence-electron chi connectivity index (χ0n) is 11.3. The van der Waals surface area contributed by atoms with Crippen LogP contribution in [0.4, 0.5) is 5.82 Å². The summed E-state index contributed by atoms with van der Waals surface area (Å²) >= 11 is 0. The number of nitrogens with one attached hydrogen (secondary N) is 2. The first-order chi connectivity index (χ1) is 9.24. The van der Waals surface area contributed by atoms with Crippen LogP contribution in [-0.4, -0.2) is 11.5 Å². The van der Waals surface area contributed by atoms with Gasteiger partial charge in [-0.2, -0.15) is 0 Å². The van der Waals surface area contributed by atoms with Crippen LogP contribution in [0.25, 0.3) is 10.8 Å². The Hall–Kier alpha value is -1.77. The molecule has 1 heterocycles. The second-order valence-corrected chi connectivity index (χ2v) is 5.65. The molecule has 2 unspecified atom stereocenters. The fourth-order valence-corrected chi connectivity index (χ4v) is 3.07. The van der Waals surface area contributed by atoms with E-state index < -0.39 is 0 Å². The molecule has 2 N–H and O–H groups in total. The summed E-state index contributed by atoms with van der Waals surface area (Å²) in [7, 11) is 0. The lowest BCUT2D eigenvalue weighted by Crippen LogP contribution is -2.19. The Labute approximate surface area is 113 Å². The van der Waals surface area contributed by atoms with Crippen molar-refractivity contribution in [2.75, 3.05) is 11.9 Å². The van der Waals surface area contributed by atoms with Gasteiger partial charge in [0.1, 0.15) is 5.82 Å². The molecular weight excluding hydrogens is 236 g/mol. The topological polar surface area (TPSA) is 44.9 Å². The molecule has 0 radical (unpaired) electrons. The van der Waals surface area contributed by atoms with Crippen molar-refractivity contribution >= 4 is 16.6 Å². The number of rotatable bonds is 3. The molecule has 2 atom stereocenters. The van der Waals surface area contributed by atoms with Gasteiger partial charge in [0.25, 0.3) is 5.56 Å². The fraction of sp³-hybridized carbons (Fsp3) is 0.438. The van der Waals surface area contributed by atoms with E-state index in [4.69, 9.17) is 0 Å². The third kappa shape index (κ3) is 2.50. The number of aromatic nitrogens is 1.